The van der Waals surface area contributed by atoms with Crippen LogP contribution in [0.25, 0.3) is 22.2 Å². The number of nitrogens with zero attached hydrogens (tertiary/aromatic N) is 7. The van der Waals surface area contributed by atoms with Gasteiger partial charge in [0.25, 0.3) is 5.91 Å². The predicted molar refractivity (Wildman–Crippen MR) is 166 cm³/mol. The van der Waals surface area contributed by atoms with Crippen LogP contribution >= 0.6 is 0 Å². The topological polar surface area (TPSA) is 98.5 Å². The van der Waals surface area contributed by atoms with E-state index in [-0.39, 0.29) is 49.9 Å². The number of benzene rings is 1. The molecule has 9 nitrogen and oxygen atoms in total. The van der Waals surface area contributed by atoms with Gasteiger partial charge in [-0.2, -0.15) is 15.2 Å². The zero-order chi connectivity index (χ0) is 32.2. The third-order valence-electron chi connectivity index (χ3n) is 10.1. The number of pyridine rings is 1. The van der Waals surface area contributed by atoms with Crippen molar-refractivity contribution in [2.45, 2.75) is 63.2 Å². The second-order valence-electron chi connectivity index (χ2n) is 13.2. The number of fused-ring (bicyclic) bond motifs is 3. The zero-order valence-electron chi connectivity index (χ0n) is 25.8. The minimum Gasteiger partial charge on any atom is -0.461 e. The number of carbonyl (C=O) groups is 1. The van der Waals surface area contributed by atoms with Crippen molar-refractivity contribution in [1.82, 2.24) is 24.8 Å². The summed E-state index contributed by atoms with van der Waals surface area (Å²) in [5.41, 5.74) is 2.79. The predicted octanol–water partition coefficient (Wildman–Crippen LogP) is 4.93. The first-order valence-electron chi connectivity index (χ1n) is 15.9. The molecule has 0 unspecified atom stereocenters. The van der Waals surface area contributed by atoms with E-state index in [1.807, 2.05) is 17.0 Å². The smallest absolute Gasteiger partial charge is 0.319 e. The van der Waals surface area contributed by atoms with E-state index in [0.717, 1.165) is 43.4 Å². The van der Waals surface area contributed by atoms with Crippen LogP contribution in [0.2, 0.25) is 0 Å². The van der Waals surface area contributed by atoms with Crippen LogP contribution in [-0.2, 0) is 17.6 Å². The summed E-state index contributed by atoms with van der Waals surface area (Å²) in [6.07, 6.45) is 4.43. The number of ether oxygens (including phenoxy) is 1. The van der Waals surface area contributed by atoms with Crippen LogP contribution in [0.5, 0.6) is 6.01 Å². The molecule has 240 valence electrons. The molecule has 1 amide bonds. The molecule has 0 bridgehead atoms. The van der Waals surface area contributed by atoms with Crippen LogP contribution in [0, 0.1) is 23.1 Å². The second-order valence-corrected chi connectivity index (χ2v) is 13.2. The van der Waals surface area contributed by atoms with Crippen molar-refractivity contribution in [2.75, 3.05) is 44.2 Å². The molecule has 0 saturated carbocycles. The van der Waals surface area contributed by atoms with Crippen molar-refractivity contribution in [1.29, 1.82) is 5.26 Å². The molecule has 3 saturated heterocycles. The third kappa shape index (κ3) is 5.24. The summed E-state index contributed by atoms with van der Waals surface area (Å²) in [5.74, 6) is -1.76. The van der Waals surface area contributed by atoms with E-state index in [0.29, 0.717) is 30.1 Å². The van der Waals surface area contributed by atoms with Gasteiger partial charge < -0.3 is 14.5 Å². The fourth-order valence-electron chi connectivity index (χ4n) is 8.00. The SMILES string of the molecule is C=C(F)C(=O)N1CCN(c2nc(OC[C@@]34CCCN3C[C@H](F)C4)nc3c(F)c(-c4cccc5c4C[C@H](C)C5)ncc23)C[C@@H]1CC#N. The first-order chi connectivity index (χ1) is 22.2. The minimum atomic E-state index is -1.09. The summed E-state index contributed by atoms with van der Waals surface area (Å²) in [7, 11) is 0. The molecule has 3 fully saturated rings. The lowest BCUT2D eigenvalue weighted by Gasteiger charge is -2.41. The summed E-state index contributed by atoms with van der Waals surface area (Å²) in [4.78, 5) is 31.7. The molecule has 0 radical (unpaired) electrons. The molecule has 0 N–H and O–H groups in total. The van der Waals surface area contributed by atoms with E-state index in [1.165, 1.54) is 10.5 Å². The number of hydrogen-bond donors (Lipinski definition) is 0. The Hall–Kier alpha value is -4.24. The number of piperazine rings is 1. The lowest BCUT2D eigenvalue weighted by molar-refractivity contribution is -0.131. The Balaban J connectivity index is 1.30. The van der Waals surface area contributed by atoms with Crippen molar-refractivity contribution in [3.63, 3.8) is 0 Å². The van der Waals surface area contributed by atoms with Gasteiger partial charge in [0.2, 0.25) is 0 Å². The number of hydrogen-bond acceptors (Lipinski definition) is 8. The first-order valence-corrected chi connectivity index (χ1v) is 15.9. The maximum absolute atomic E-state index is 16.7. The Bertz CT molecular complexity index is 1760. The molecular formula is C34H36F3N7O2. The summed E-state index contributed by atoms with van der Waals surface area (Å²) < 4.78 is 51.2. The molecule has 12 heteroatoms. The van der Waals surface area contributed by atoms with Crippen molar-refractivity contribution in [3.05, 3.63) is 53.7 Å². The number of halogens is 3. The summed E-state index contributed by atoms with van der Waals surface area (Å²) in [5, 5.41) is 9.85. The monoisotopic (exact) mass is 631 g/mol. The molecule has 4 aliphatic rings. The van der Waals surface area contributed by atoms with Crippen molar-refractivity contribution in [3.8, 4) is 23.3 Å². The van der Waals surface area contributed by atoms with Crippen molar-refractivity contribution >= 4 is 22.6 Å². The van der Waals surface area contributed by atoms with Gasteiger partial charge in [0.1, 0.15) is 29.8 Å². The van der Waals surface area contributed by atoms with Gasteiger partial charge in [0.15, 0.2) is 11.6 Å². The Morgan fingerprint density at radius 3 is 2.87 bits per heavy atom. The highest BCUT2D eigenvalue weighted by molar-refractivity contribution is 5.93. The molecule has 5 heterocycles. The molecule has 4 atom stereocenters. The molecular weight excluding hydrogens is 595 g/mol. The highest BCUT2D eigenvalue weighted by Gasteiger charge is 2.49. The largest absolute Gasteiger partial charge is 0.461 e. The standard InChI is InChI=1S/C34H36F3N7O2/c1-20-13-22-5-3-6-25(26(22)14-20)29-28(37)30-27(16-39-29)31(42-11-12-44(32(45)21(2)35)24(18-42)7-9-38)41-33(40-30)46-19-34-8-4-10-43(34)17-23(36)15-34/h3,5-6,16,20,23-24H,2,4,7-8,10-15,17-19H2,1H3/t20-,23-,24+,34+/m1/s1. The first kappa shape index (κ1) is 30.4. The average Bonchev–Trinajstić information content (AvgIpc) is 3.70. The van der Waals surface area contributed by atoms with Gasteiger partial charge in [0, 0.05) is 44.4 Å². The number of nitriles is 1. The van der Waals surface area contributed by atoms with E-state index >= 15 is 4.39 Å². The van der Waals surface area contributed by atoms with Gasteiger partial charge in [-0.15, -0.1) is 0 Å². The maximum Gasteiger partial charge on any atom is 0.319 e. The molecule has 3 aliphatic heterocycles. The van der Waals surface area contributed by atoms with Crippen LogP contribution in [0.4, 0.5) is 19.0 Å². The number of anilines is 1. The van der Waals surface area contributed by atoms with Crippen molar-refractivity contribution in [2.24, 2.45) is 5.92 Å². The molecule has 3 aromatic rings. The summed E-state index contributed by atoms with van der Waals surface area (Å²) >= 11 is 0. The fourth-order valence-corrected chi connectivity index (χ4v) is 8.00. The van der Waals surface area contributed by atoms with Gasteiger partial charge in [-0.25, -0.2) is 13.2 Å². The summed E-state index contributed by atoms with van der Waals surface area (Å²) in [6.45, 7) is 7.13. The van der Waals surface area contributed by atoms with E-state index in [2.05, 4.69) is 40.5 Å². The molecule has 46 heavy (non-hydrogen) atoms. The quantitative estimate of drug-likeness (QED) is 0.339. The number of rotatable bonds is 7. The van der Waals surface area contributed by atoms with E-state index in [4.69, 9.17) is 9.72 Å². The Morgan fingerprint density at radius 1 is 1.22 bits per heavy atom. The highest BCUT2D eigenvalue weighted by Crippen LogP contribution is 2.41. The fraction of sp³-hybridized carbons (Fsp3) is 0.500. The van der Waals surface area contributed by atoms with Gasteiger partial charge >= 0.3 is 6.01 Å². The van der Waals surface area contributed by atoms with Crippen LogP contribution < -0.4 is 9.64 Å². The van der Waals surface area contributed by atoms with Gasteiger partial charge in [-0.1, -0.05) is 31.7 Å². The third-order valence-corrected chi connectivity index (χ3v) is 10.1. The zero-order valence-corrected chi connectivity index (χ0v) is 25.8. The Morgan fingerprint density at radius 2 is 2.07 bits per heavy atom. The van der Waals surface area contributed by atoms with Gasteiger partial charge in [0.05, 0.1) is 29.5 Å². The number of amides is 1. The summed E-state index contributed by atoms with van der Waals surface area (Å²) in [6, 6.07) is 7.27. The second kappa shape index (κ2) is 11.8. The number of carbonyl (C=O) groups excluding carboxylic acids is 1. The normalized spacial score (nSPS) is 25.8. The van der Waals surface area contributed by atoms with Crippen molar-refractivity contribution < 1.29 is 22.7 Å². The van der Waals surface area contributed by atoms with E-state index in [9.17, 15) is 18.8 Å². The molecule has 2 aromatic heterocycles. The Labute approximate surface area is 265 Å². The molecule has 7 rings (SSSR count). The average molecular weight is 632 g/mol. The lowest BCUT2D eigenvalue weighted by atomic mass is 9.95. The van der Waals surface area contributed by atoms with Crippen LogP contribution in [0.1, 0.15) is 43.7 Å². The van der Waals surface area contributed by atoms with E-state index < -0.39 is 35.3 Å². The number of alkyl halides is 1. The Kier molecular flexibility index (Phi) is 7.83. The molecule has 1 aliphatic carbocycles. The molecule has 1 aromatic carbocycles. The van der Waals surface area contributed by atoms with Crippen LogP contribution in [0.3, 0.4) is 0 Å². The van der Waals surface area contributed by atoms with Gasteiger partial charge in [-0.3, -0.25) is 14.7 Å². The van der Waals surface area contributed by atoms with E-state index in [1.54, 1.807) is 6.20 Å². The molecule has 0 spiro atoms. The van der Waals surface area contributed by atoms with Crippen LogP contribution in [0.15, 0.2) is 36.8 Å². The number of aromatic nitrogens is 3. The highest BCUT2D eigenvalue weighted by atomic mass is 19.1. The maximum atomic E-state index is 16.7. The lowest BCUT2D eigenvalue weighted by Crippen LogP contribution is -2.55. The van der Waals surface area contributed by atoms with Crippen LogP contribution in [-0.4, -0.2) is 87.7 Å². The minimum absolute atomic E-state index is 0.0386. The van der Waals surface area contributed by atoms with Gasteiger partial charge in [-0.05, 0) is 49.3 Å².